The minimum absolute atomic E-state index is 0.0361. The van der Waals surface area contributed by atoms with E-state index in [9.17, 15) is 4.79 Å². The van der Waals surface area contributed by atoms with Gasteiger partial charge >= 0.3 is 0 Å². The fraction of sp³-hybridized carbons (Fsp3) is 0.458. The molecule has 2 aliphatic rings. The lowest BCUT2D eigenvalue weighted by Gasteiger charge is -2.43. The Balaban J connectivity index is 1.65. The normalized spacial score (nSPS) is 30.8. The molecule has 0 saturated carbocycles. The number of rotatable bonds is 4. The quantitative estimate of drug-likeness (QED) is 0.635. The van der Waals surface area contributed by atoms with E-state index in [1.807, 2.05) is 63.2 Å². The molecule has 2 aromatic rings. The number of carbonyl (C=O) groups excluding carboxylic acids is 1. The zero-order valence-electron chi connectivity index (χ0n) is 17.5. The van der Waals surface area contributed by atoms with Crippen molar-refractivity contribution in [3.63, 3.8) is 0 Å². The van der Waals surface area contributed by atoms with Crippen LogP contribution in [0.4, 0.5) is 0 Å². The molecule has 0 spiro atoms. The van der Waals surface area contributed by atoms with E-state index in [-0.39, 0.29) is 24.0 Å². The second kappa shape index (κ2) is 8.16. The van der Waals surface area contributed by atoms with Gasteiger partial charge in [0, 0.05) is 21.4 Å². The van der Waals surface area contributed by atoms with Gasteiger partial charge in [-0.1, -0.05) is 54.4 Å². The predicted molar refractivity (Wildman–Crippen MR) is 119 cm³/mol. The van der Waals surface area contributed by atoms with Gasteiger partial charge in [0.1, 0.15) is 0 Å². The molecular weight excluding hydrogens is 421 g/mol. The fourth-order valence-corrected chi connectivity index (χ4v) is 5.01. The molecule has 1 N–H and O–H groups in total. The van der Waals surface area contributed by atoms with Gasteiger partial charge < -0.3 is 14.8 Å². The SMILES string of the molecule is CC1(C)OCC(C[C@@]2(C)C[C@H](c3cccc(Cl)c3)[C@@H](c3ccc(Cl)cc3)NC2=O)O1. The summed E-state index contributed by atoms with van der Waals surface area (Å²) in [5, 5.41) is 4.65. The topological polar surface area (TPSA) is 47.6 Å². The largest absolute Gasteiger partial charge is 0.348 e. The standard InChI is InChI=1S/C24H27Cl2NO3/c1-23(2)29-14-19(30-23)12-24(3)13-20(16-5-4-6-18(26)11-16)21(27-22(24)28)15-7-9-17(25)10-8-15/h4-11,19-21H,12-14H2,1-3H3,(H,27,28)/t19?,20-,21-,24+/m1/s1. The molecule has 2 saturated heterocycles. The van der Waals surface area contributed by atoms with Crippen LogP contribution < -0.4 is 5.32 Å². The summed E-state index contributed by atoms with van der Waals surface area (Å²) >= 11 is 12.4. The Bertz CT molecular complexity index is 930. The molecule has 0 aliphatic carbocycles. The molecule has 6 heteroatoms. The highest BCUT2D eigenvalue weighted by Gasteiger charge is 2.48. The highest BCUT2D eigenvalue weighted by molar-refractivity contribution is 6.30. The van der Waals surface area contributed by atoms with Gasteiger partial charge in [-0.3, -0.25) is 4.79 Å². The van der Waals surface area contributed by atoms with Crippen molar-refractivity contribution in [2.24, 2.45) is 5.41 Å². The minimum Gasteiger partial charge on any atom is -0.348 e. The number of hydrogen-bond donors (Lipinski definition) is 1. The zero-order valence-corrected chi connectivity index (χ0v) is 19.0. The molecule has 2 heterocycles. The van der Waals surface area contributed by atoms with Crippen molar-refractivity contribution in [2.75, 3.05) is 6.61 Å². The molecule has 0 radical (unpaired) electrons. The van der Waals surface area contributed by atoms with Crippen LogP contribution in [-0.4, -0.2) is 24.4 Å². The molecule has 30 heavy (non-hydrogen) atoms. The van der Waals surface area contributed by atoms with Gasteiger partial charge in [-0.15, -0.1) is 0 Å². The summed E-state index contributed by atoms with van der Waals surface area (Å²) in [6.45, 7) is 6.33. The molecule has 2 aliphatic heterocycles. The van der Waals surface area contributed by atoms with Crippen LogP contribution >= 0.6 is 23.2 Å². The maximum Gasteiger partial charge on any atom is 0.226 e. The van der Waals surface area contributed by atoms with E-state index >= 15 is 0 Å². The summed E-state index contributed by atoms with van der Waals surface area (Å²) in [4.78, 5) is 13.3. The predicted octanol–water partition coefficient (Wildman–Crippen LogP) is 5.89. The summed E-state index contributed by atoms with van der Waals surface area (Å²) in [6, 6.07) is 15.4. The van der Waals surface area contributed by atoms with Crippen LogP contribution in [0.5, 0.6) is 0 Å². The highest BCUT2D eigenvalue weighted by Crippen LogP contribution is 2.48. The van der Waals surface area contributed by atoms with E-state index in [0.717, 1.165) is 11.1 Å². The van der Waals surface area contributed by atoms with Crippen molar-refractivity contribution in [1.29, 1.82) is 0 Å². The van der Waals surface area contributed by atoms with E-state index in [1.165, 1.54) is 0 Å². The van der Waals surface area contributed by atoms with Crippen molar-refractivity contribution >= 4 is 29.1 Å². The van der Waals surface area contributed by atoms with Crippen LogP contribution in [0.25, 0.3) is 0 Å². The van der Waals surface area contributed by atoms with Gasteiger partial charge in [0.15, 0.2) is 5.79 Å². The maximum atomic E-state index is 13.3. The van der Waals surface area contributed by atoms with Crippen LogP contribution in [0.1, 0.15) is 56.7 Å². The monoisotopic (exact) mass is 447 g/mol. The Morgan fingerprint density at radius 2 is 1.77 bits per heavy atom. The summed E-state index contributed by atoms with van der Waals surface area (Å²) in [6.07, 6.45) is 1.18. The zero-order chi connectivity index (χ0) is 21.5. The summed E-state index contributed by atoms with van der Waals surface area (Å²) in [7, 11) is 0. The average Bonchev–Trinajstić information content (AvgIpc) is 3.02. The first kappa shape index (κ1) is 21.6. The summed E-state index contributed by atoms with van der Waals surface area (Å²) in [5.41, 5.74) is 1.56. The number of halogens is 2. The Morgan fingerprint density at radius 1 is 1.03 bits per heavy atom. The van der Waals surface area contributed by atoms with Gasteiger partial charge in [0.2, 0.25) is 5.91 Å². The van der Waals surface area contributed by atoms with Crippen molar-refractivity contribution in [3.05, 3.63) is 69.7 Å². The molecule has 160 valence electrons. The number of amides is 1. The Hall–Kier alpha value is -1.59. The lowest BCUT2D eigenvalue weighted by molar-refractivity contribution is -0.149. The molecular formula is C24H27Cl2NO3. The minimum atomic E-state index is -0.607. The van der Waals surface area contributed by atoms with Crippen LogP contribution in [-0.2, 0) is 14.3 Å². The van der Waals surface area contributed by atoms with Crippen LogP contribution in [0.15, 0.2) is 48.5 Å². The Kier molecular flexibility index (Phi) is 5.88. The molecule has 2 fully saturated rings. The number of nitrogens with one attached hydrogen (secondary N) is 1. The molecule has 0 bridgehead atoms. The lowest BCUT2D eigenvalue weighted by Crippen LogP contribution is -2.50. The van der Waals surface area contributed by atoms with Crippen LogP contribution in [0, 0.1) is 5.41 Å². The molecule has 0 aromatic heterocycles. The number of benzene rings is 2. The third kappa shape index (κ3) is 4.52. The highest BCUT2D eigenvalue weighted by atomic mass is 35.5. The Labute approximate surface area is 187 Å². The number of carbonyl (C=O) groups is 1. The first-order valence-corrected chi connectivity index (χ1v) is 11.0. The third-order valence-corrected chi connectivity index (χ3v) is 6.65. The Morgan fingerprint density at radius 3 is 2.40 bits per heavy atom. The number of piperidine rings is 1. The van der Waals surface area contributed by atoms with Gasteiger partial charge in [-0.2, -0.15) is 0 Å². The van der Waals surface area contributed by atoms with Gasteiger partial charge in [-0.25, -0.2) is 0 Å². The first-order chi connectivity index (χ1) is 14.2. The van der Waals surface area contributed by atoms with Gasteiger partial charge in [0.25, 0.3) is 0 Å². The second-order valence-electron chi connectivity index (χ2n) is 9.08. The van der Waals surface area contributed by atoms with Crippen molar-refractivity contribution in [3.8, 4) is 0 Å². The second-order valence-corrected chi connectivity index (χ2v) is 9.96. The first-order valence-electron chi connectivity index (χ1n) is 10.3. The van der Waals surface area contributed by atoms with Gasteiger partial charge in [-0.05, 0) is 62.1 Å². The maximum absolute atomic E-state index is 13.3. The lowest BCUT2D eigenvalue weighted by atomic mass is 9.68. The van der Waals surface area contributed by atoms with E-state index < -0.39 is 11.2 Å². The molecule has 2 aromatic carbocycles. The number of hydrogen-bond acceptors (Lipinski definition) is 3. The third-order valence-electron chi connectivity index (χ3n) is 6.16. The van der Waals surface area contributed by atoms with Gasteiger partial charge in [0.05, 0.1) is 18.8 Å². The van der Waals surface area contributed by atoms with Crippen molar-refractivity contribution in [1.82, 2.24) is 5.32 Å². The molecule has 4 atom stereocenters. The van der Waals surface area contributed by atoms with E-state index in [0.29, 0.717) is 29.5 Å². The smallest absolute Gasteiger partial charge is 0.226 e. The molecule has 4 nitrogen and oxygen atoms in total. The van der Waals surface area contributed by atoms with Crippen molar-refractivity contribution < 1.29 is 14.3 Å². The summed E-state index contributed by atoms with van der Waals surface area (Å²) < 4.78 is 11.7. The summed E-state index contributed by atoms with van der Waals surface area (Å²) in [5.74, 6) is -0.498. The van der Waals surface area contributed by atoms with E-state index in [1.54, 1.807) is 0 Å². The molecule has 1 unspecified atom stereocenters. The average molecular weight is 448 g/mol. The van der Waals surface area contributed by atoms with Crippen LogP contribution in [0.3, 0.4) is 0 Å². The number of ether oxygens (including phenoxy) is 2. The van der Waals surface area contributed by atoms with E-state index in [2.05, 4.69) is 11.4 Å². The fourth-order valence-electron chi connectivity index (χ4n) is 4.69. The molecule has 1 amide bonds. The molecule has 4 rings (SSSR count). The van der Waals surface area contributed by atoms with E-state index in [4.69, 9.17) is 32.7 Å². The van der Waals surface area contributed by atoms with Crippen molar-refractivity contribution in [2.45, 2.75) is 57.5 Å². The van der Waals surface area contributed by atoms with Crippen LogP contribution in [0.2, 0.25) is 10.0 Å².